The SMILES string of the molecule is Nc1ccnc(C(=O)NO)c1. The predicted molar refractivity (Wildman–Crippen MR) is 37.9 cm³/mol. The smallest absolute Gasteiger partial charge is 0.293 e. The van der Waals surface area contributed by atoms with Gasteiger partial charge in [-0.1, -0.05) is 0 Å². The number of hydroxylamine groups is 1. The number of amides is 1. The molecule has 4 N–H and O–H groups in total. The van der Waals surface area contributed by atoms with Crippen LogP contribution in [0.3, 0.4) is 0 Å². The molecule has 0 aromatic carbocycles. The third-order valence-corrected chi connectivity index (χ3v) is 1.12. The van der Waals surface area contributed by atoms with Gasteiger partial charge in [-0.3, -0.25) is 15.0 Å². The molecule has 5 nitrogen and oxygen atoms in total. The van der Waals surface area contributed by atoms with Gasteiger partial charge in [-0.15, -0.1) is 0 Å². The number of pyridine rings is 1. The van der Waals surface area contributed by atoms with E-state index in [0.29, 0.717) is 5.69 Å². The summed E-state index contributed by atoms with van der Waals surface area (Å²) in [7, 11) is 0. The van der Waals surface area contributed by atoms with Crippen molar-refractivity contribution in [2.45, 2.75) is 0 Å². The average Bonchev–Trinajstić information content (AvgIpc) is 2.03. The fraction of sp³-hybridized carbons (Fsp3) is 0. The number of aromatic nitrogens is 1. The van der Waals surface area contributed by atoms with Crippen LogP contribution in [-0.2, 0) is 0 Å². The molecular formula is C6H7N3O2. The summed E-state index contributed by atoms with van der Waals surface area (Å²) in [5.41, 5.74) is 7.32. The molecule has 0 aliphatic rings. The topological polar surface area (TPSA) is 88.2 Å². The maximum atomic E-state index is 10.7. The highest BCUT2D eigenvalue weighted by Crippen LogP contribution is 2.01. The molecule has 0 saturated carbocycles. The molecule has 11 heavy (non-hydrogen) atoms. The van der Waals surface area contributed by atoms with E-state index in [4.69, 9.17) is 10.9 Å². The van der Waals surface area contributed by atoms with Gasteiger partial charge in [0.1, 0.15) is 5.69 Å². The van der Waals surface area contributed by atoms with Crippen LogP contribution < -0.4 is 11.2 Å². The van der Waals surface area contributed by atoms with E-state index in [1.807, 2.05) is 0 Å². The van der Waals surface area contributed by atoms with E-state index in [9.17, 15) is 4.79 Å². The zero-order chi connectivity index (χ0) is 8.27. The van der Waals surface area contributed by atoms with E-state index in [0.717, 1.165) is 0 Å². The summed E-state index contributed by atoms with van der Waals surface area (Å²) in [4.78, 5) is 14.3. The molecule has 1 rings (SSSR count). The molecule has 0 aliphatic heterocycles. The minimum Gasteiger partial charge on any atom is -0.399 e. The van der Waals surface area contributed by atoms with E-state index >= 15 is 0 Å². The second-order valence-corrected chi connectivity index (χ2v) is 1.92. The summed E-state index contributed by atoms with van der Waals surface area (Å²) < 4.78 is 0. The maximum absolute atomic E-state index is 10.7. The van der Waals surface area contributed by atoms with E-state index in [-0.39, 0.29) is 5.69 Å². The number of hydrogen-bond donors (Lipinski definition) is 3. The molecule has 1 aromatic heterocycles. The predicted octanol–water partition coefficient (Wildman–Crippen LogP) is -0.217. The Kier molecular flexibility index (Phi) is 2.03. The number of nitrogen functional groups attached to an aromatic ring is 1. The lowest BCUT2D eigenvalue weighted by Gasteiger charge is -1.97. The number of nitrogens with zero attached hydrogens (tertiary/aromatic N) is 1. The number of nitrogens with one attached hydrogen (secondary N) is 1. The molecule has 0 radical (unpaired) electrons. The first-order valence-electron chi connectivity index (χ1n) is 2.90. The first-order valence-corrected chi connectivity index (χ1v) is 2.90. The largest absolute Gasteiger partial charge is 0.399 e. The van der Waals surface area contributed by atoms with Crippen LogP contribution in [0.5, 0.6) is 0 Å². The number of nitrogens with two attached hydrogens (primary N) is 1. The van der Waals surface area contributed by atoms with Crippen LogP contribution in [0.2, 0.25) is 0 Å². The summed E-state index contributed by atoms with van der Waals surface area (Å²) in [5.74, 6) is -0.669. The van der Waals surface area contributed by atoms with Crippen molar-refractivity contribution in [3.63, 3.8) is 0 Å². The summed E-state index contributed by atoms with van der Waals surface area (Å²) in [6.07, 6.45) is 1.39. The van der Waals surface area contributed by atoms with E-state index in [1.54, 1.807) is 6.07 Å². The third-order valence-electron chi connectivity index (χ3n) is 1.12. The molecule has 0 spiro atoms. The molecule has 0 fully saturated rings. The highest BCUT2D eigenvalue weighted by atomic mass is 16.5. The van der Waals surface area contributed by atoms with Crippen LogP contribution in [0.1, 0.15) is 10.5 Å². The van der Waals surface area contributed by atoms with Gasteiger partial charge in [0.05, 0.1) is 0 Å². The normalized spacial score (nSPS) is 9.18. The summed E-state index contributed by atoms with van der Waals surface area (Å²) in [6.45, 7) is 0. The molecule has 0 unspecified atom stereocenters. The number of hydrogen-bond acceptors (Lipinski definition) is 4. The van der Waals surface area contributed by atoms with Gasteiger partial charge in [-0.25, -0.2) is 5.48 Å². The van der Waals surface area contributed by atoms with Crippen LogP contribution >= 0.6 is 0 Å². The molecule has 0 bridgehead atoms. The Morgan fingerprint density at radius 3 is 3.00 bits per heavy atom. The van der Waals surface area contributed by atoms with Gasteiger partial charge in [-0.05, 0) is 12.1 Å². The van der Waals surface area contributed by atoms with Crippen LogP contribution in [0.15, 0.2) is 18.3 Å². The molecule has 0 saturated heterocycles. The maximum Gasteiger partial charge on any atom is 0.293 e. The highest BCUT2D eigenvalue weighted by molar-refractivity contribution is 5.92. The molecule has 1 amide bonds. The molecular weight excluding hydrogens is 146 g/mol. The van der Waals surface area contributed by atoms with Gasteiger partial charge in [0.25, 0.3) is 5.91 Å². The molecule has 1 heterocycles. The lowest BCUT2D eigenvalue weighted by atomic mass is 10.3. The van der Waals surface area contributed by atoms with Gasteiger partial charge in [0, 0.05) is 11.9 Å². The molecule has 58 valence electrons. The lowest BCUT2D eigenvalue weighted by molar-refractivity contribution is 0.0701. The second-order valence-electron chi connectivity index (χ2n) is 1.92. The molecule has 0 atom stereocenters. The van der Waals surface area contributed by atoms with Crippen LogP contribution in [0.25, 0.3) is 0 Å². The number of anilines is 1. The summed E-state index contributed by atoms with van der Waals surface area (Å²) >= 11 is 0. The third kappa shape index (κ3) is 1.65. The Morgan fingerprint density at radius 2 is 2.45 bits per heavy atom. The van der Waals surface area contributed by atoms with Crippen molar-refractivity contribution in [1.82, 2.24) is 10.5 Å². The van der Waals surface area contributed by atoms with Crippen molar-refractivity contribution in [1.29, 1.82) is 0 Å². The van der Waals surface area contributed by atoms with Crippen molar-refractivity contribution >= 4 is 11.6 Å². The molecule has 0 aliphatic carbocycles. The second kappa shape index (κ2) is 2.98. The van der Waals surface area contributed by atoms with Gasteiger partial charge < -0.3 is 5.73 Å². The van der Waals surface area contributed by atoms with Crippen molar-refractivity contribution in [2.75, 3.05) is 5.73 Å². The van der Waals surface area contributed by atoms with E-state index < -0.39 is 5.91 Å². The average molecular weight is 153 g/mol. The summed E-state index contributed by atoms with van der Waals surface area (Å²) in [5, 5.41) is 8.20. The van der Waals surface area contributed by atoms with Crippen molar-refractivity contribution < 1.29 is 10.0 Å². The fourth-order valence-corrected chi connectivity index (χ4v) is 0.628. The van der Waals surface area contributed by atoms with Crippen molar-refractivity contribution in [2.24, 2.45) is 0 Å². The Labute approximate surface area is 62.8 Å². The minimum atomic E-state index is -0.669. The monoisotopic (exact) mass is 153 g/mol. The quantitative estimate of drug-likeness (QED) is 0.384. The first-order chi connectivity index (χ1) is 5.24. The number of rotatable bonds is 1. The Morgan fingerprint density at radius 1 is 1.73 bits per heavy atom. The van der Waals surface area contributed by atoms with Crippen LogP contribution in [-0.4, -0.2) is 16.1 Å². The zero-order valence-electron chi connectivity index (χ0n) is 5.61. The van der Waals surface area contributed by atoms with Crippen LogP contribution in [0.4, 0.5) is 5.69 Å². The van der Waals surface area contributed by atoms with E-state index in [1.165, 1.54) is 17.7 Å². The van der Waals surface area contributed by atoms with Crippen molar-refractivity contribution in [3.8, 4) is 0 Å². The van der Waals surface area contributed by atoms with E-state index in [2.05, 4.69) is 4.98 Å². The Balaban J connectivity index is 2.96. The standard InChI is InChI=1S/C6H7N3O2/c7-4-1-2-8-5(3-4)6(10)9-11/h1-3,11H,(H2,7,8)(H,9,10). The fourth-order valence-electron chi connectivity index (χ4n) is 0.628. The number of carbonyl (C=O) groups excluding carboxylic acids is 1. The van der Waals surface area contributed by atoms with Gasteiger partial charge >= 0.3 is 0 Å². The van der Waals surface area contributed by atoms with Crippen LogP contribution in [0, 0.1) is 0 Å². The highest BCUT2D eigenvalue weighted by Gasteiger charge is 2.03. The Hall–Kier alpha value is -1.62. The zero-order valence-corrected chi connectivity index (χ0v) is 5.61. The molecule has 1 aromatic rings. The lowest BCUT2D eigenvalue weighted by Crippen LogP contribution is -2.19. The Bertz CT molecular complexity index is 274. The first kappa shape index (κ1) is 7.49. The van der Waals surface area contributed by atoms with Gasteiger partial charge in [-0.2, -0.15) is 0 Å². The minimum absolute atomic E-state index is 0.0903. The number of carbonyl (C=O) groups is 1. The van der Waals surface area contributed by atoms with Gasteiger partial charge in [0.2, 0.25) is 0 Å². The summed E-state index contributed by atoms with van der Waals surface area (Å²) in [6, 6.07) is 2.92. The van der Waals surface area contributed by atoms with Gasteiger partial charge in [0.15, 0.2) is 0 Å². The van der Waals surface area contributed by atoms with Crippen molar-refractivity contribution in [3.05, 3.63) is 24.0 Å². The molecule has 5 heteroatoms.